The maximum absolute atomic E-state index is 13.3. The third-order valence-electron chi connectivity index (χ3n) is 2.73. The van der Waals surface area contributed by atoms with Crippen molar-refractivity contribution in [3.8, 4) is 0 Å². The van der Waals surface area contributed by atoms with E-state index in [1.165, 1.54) is 18.2 Å². The van der Waals surface area contributed by atoms with Gasteiger partial charge in [0.2, 0.25) is 0 Å². The van der Waals surface area contributed by atoms with Crippen LogP contribution in [0.25, 0.3) is 0 Å². The molecular weight excluding hydrogens is 198 g/mol. The highest BCUT2D eigenvalue weighted by Crippen LogP contribution is 2.20. The summed E-state index contributed by atoms with van der Waals surface area (Å²) < 4.78 is 26.6. The van der Waals surface area contributed by atoms with Crippen LogP contribution in [0.4, 0.5) is 8.78 Å². The highest BCUT2D eigenvalue weighted by molar-refractivity contribution is 5.20. The topological polar surface area (TPSA) is 20.2 Å². The first-order chi connectivity index (χ1) is 7.06. The highest BCUT2D eigenvalue weighted by Gasteiger charge is 2.18. The zero-order valence-electron chi connectivity index (χ0n) is 9.00. The van der Waals surface area contributed by atoms with E-state index in [1.54, 1.807) is 6.92 Å². The van der Waals surface area contributed by atoms with Crippen molar-refractivity contribution in [2.75, 3.05) is 0 Å². The molecule has 0 aromatic heterocycles. The Kier molecular flexibility index (Phi) is 4.21. The number of halogens is 2. The Morgan fingerprint density at radius 1 is 1.27 bits per heavy atom. The molecule has 1 rings (SSSR count). The van der Waals surface area contributed by atoms with Crippen molar-refractivity contribution in [3.63, 3.8) is 0 Å². The molecule has 0 aliphatic heterocycles. The Hall–Kier alpha value is -0.960. The fourth-order valence-electron chi connectivity index (χ4n) is 1.65. The number of aliphatic hydroxyl groups is 1. The second kappa shape index (κ2) is 5.21. The summed E-state index contributed by atoms with van der Waals surface area (Å²) in [4.78, 5) is 0. The Balaban J connectivity index is 2.87. The van der Waals surface area contributed by atoms with Crippen LogP contribution in [-0.2, 0) is 6.42 Å². The second-order valence-corrected chi connectivity index (χ2v) is 3.81. The summed E-state index contributed by atoms with van der Waals surface area (Å²) in [6.07, 6.45) is 0.395. The summed E-state index contributed by atoms with van der Waals surface area (Å²) in [5.41, 5.74) is 0.0743. The van der Waals surface area contributed by atoms with E-state index >= 15 is 0 Å². The van der Waals surface area contributed by atoms with Gasteiger partial charge in [0.1, 0.15) is 11.6 Å². The third-order valence-corrected chi connectivity index (χ3v) is 2.73. The molecule has 0 saturated carbocycles. The number of hydrogen-bond acceptors (Lipinski definition) is 1. The molecule has 0 amide bonds. The summed E-state index contributed by atoms with van der Waals surface area (Å²) in [6.45, 7) is 3.54. The maximum Gasteiger partial charge on any atom is 0.129 e. The van der Waals surface area contributed by atoms with Crippen LogP contribution < -0.4 is 0 Å². The lowest BCUT2D eigenvalue weighted by atomic mass is 9.92. The average molecular weight is 214 g/mol. The van der Waals surface area contributed by atoms with E-state index in [1.807, 2.05) is 6.92 Å². The zero-order chi connectivity index (χ0) is 11.4. The van der Waals surface area contributed by atoms with Gasteiger partial charge in [-0.15, -0.1) is 0 Å². The molecule has 0 spiro atoms. The van der Waals surface area contributed by atoms with Crippen LogP contribution in [0.3, 0.4) is 0 Å². The normalized spacial score (nSPS) is 15.0. The standard InChI is InChI=1S/C12H16F2O/c1-3-9(8(2)15)7-10-11(13)5-4-6-12(10)14/h4-6,8-9,15H,3,7H2,1-2H3. The molecule has 0 heterocycles. The molecule has 15 heavy (non-hydrogen) atoms. The van der Waals surface area contributed by atoms with Crippen LogP contribution in [0.2, 0.25) is 0 Å². The van der Waals surface area contributed by atoms with Crippen LogP contribution in [0, 0.1) is 17.6 Å². The predicted molar refractivity (Wildman–Crippen MR) is 55.5 cm³/mol. The third kappa shape index (κ3) is 2.99. The average Bonchev–Trinajstić information content (AvgIpc) is 2.17. The van der Waals surface area contributed by atoms with E-state index in [9.17, 15) is 13.9 Å². The lowest BCUT2D eigenvalue weighted by Gasteiger charge is -2.18. The number of benzene rings is 1. The monoisotopic (exact) mass is 214 g/mol. The molecule has 2 atom stereocenters. The highest BCUT2D eigenvalue weighted by atomic mass is 19.1. The van der Waals surface area contributed by atoms with Gasteiger partial charge in [-0.05, 0) is 31.4 Å². The largest absolute Gasteiger partial charge is 0.393 e. The van der Waals surface area contributed by atoms with E-state index in [0.29, 0.717) is 6.42 Å². The Labute approximate surface area is 88.7 Å². The van der Waals surface area contributed by atoms with Crippen molar-refractivity contribution in [2.45, 2.75) is 32.8 Å². The smallest absolute Gasteiger partial charge is 0.129 e. The van der Waals surface area contributed by atoms with Gasteiger partial charge in [0.05, 0.1) is 6.10 Å². The minimum absolute atomic E-state index is 0.0743. The van der Waals surface area contributed by atoms with E-state index in [2.05, 4.69) is 0 Å². The van der Waals surface area contributed by atoms with Gasteiger partial charge in [-0.25, -0.2) is 8.78 Å². The van der Waals surface area contributed by atoms with E-state index in [0.717, 1.165) is 0 Å². The van der Waals surface area contributed by atoms with E-state index in [4.69, 9.17) is 0 Å². The molecule has 0 aliphatic rings. The minimum Gasteiger partial charge on any atom is -0.393 e. The van der Waals surface area contributed by atoms with Crippen molar-refractivity contribution in [1.82, 2.24) is 0 Å². The van der Waals surface area contributed by atoms with Gasteiger partial charge in [-0.3, -0.25) is 0 Å². The van der Waals surface area contributed by atoms with Crippen LogP contribution in [0.1, 0.15) is 25.8 Å². The Morgan fingerprint density at radius 3 is 2.20 bits per heavy atom. The van der Waals surface area contributed by atoms with Gasteiger partial charge in [-0.2, -0.15) is 0 Å². The zero-order valence-corrected chi connectivity index (χ0v) is 9.00. The number of aliphatic hydroxyl groups excluding tert-OH is 1. The minimum atomic E-state index is -0.547. The first-order valence-corrected chi connectivity index (χ1v) is 5.17. The first kappa shape index (κ1) is 12.1. The summed E-state index contributed by atoms with van der Waals surface area (Å²) in [5.74, 6) is -1.17. The Morgan fingerprint density at radius 2 is 1.80 bits per heavy atom. The summed E-state index contributed by atoms with van der Waals surface area (Å²) in [6, 6.07) is 3.83. The molecule has 0 bridgehead atoms. The van der Waals surface area contributed by atoms with Gasteiger partial charge in [0.25, 0.3) is 0 Å². The fraction of sp³-hybridized carbons (Fsp3) is 0.500. The van der Waals surface area contributed by atoms with Crippen LogP contribution in [0.15, 0.2) is 18.2 Å². The summed E-state index contributed by atoms with van der Waals surface area (Å²) in [7, 11) is 0. The quantitative estimate of drug-likeness (QED) is 0.817. The summed E-state index contributed by atoms with van der Waals surface area (Å²) in [5, 5.41) is 9.41. The summed E-state index contributed by atoms with van der Waals surface area (Å²) >= 11 is 0. The molecule has 0 aliphatic carbocycles. The molecule has 3 heteroatoms. The number of hydrogen-bond donors (Lipinski definition) is 1. The molecule has 2 unspecified atom stereocenters. The molecule has 1 N–H and O–H groups in total. The lowest BCUT2D eigenvalue weighted by molar-refractivity contribution is 0.122. The lowest BCUT2D eigenvalue weighted by Crippen LogP contribution is -2.19. The van der Waals surface area contributed by atoms with Gasteiger partial charge in [-0.1, -0.05) is 19.4 Å². The second-order valence-electron chi connectivity index (χ2n) is 3.81. The molecule has 84 valence electrons. The Bertz CT molecular complexity index is 303. The van der Waals surface area contributed by atoms with Crippen LogP contribution >= 0.6 is 0 Å². The van der Waals surface area contributed by atoms with Crippen molar-refractivity contribution in [1.29, 1.82) is 0 Å². The van der Waals surface area contributed by atoms with Gasteiger partial charge in [0.15, 0.2) is 0 Å². The molecule has 1 aromatic rings. The molecule has 1 aromatic carbocycles. The van der Waals surface area contributed by atoms with Crippen molar-refractivity contribution < 1.29 is 13.9 Å². The van der Waals surface area contributed by atoms with Crippen molar-refractivity contribution in [3.05, 3.63) is 35.4 Å². The SMILES string of the molecule is CCC(Cc1c(F)cccc1F)C(C)O. The van der Waals surface area contributed by atoms with Crippen molar-refractivity contribution >= 4 is 0 Å². The first-order valence-electron chi connectivity index (χ1n) is 5.17. The van der Waals surface area contributed by atoms with E-state index in [-0.39, 0.29) is 17.9 Å². The van der Waals surface area contributed by atoms with Crippen molar-refractivity contribution in [2.24, 2.45) is 5.92 Å². The fourth-order valence-corrected chi connectivity index (χ4v) is 1.65. The maximum atomic E-state index is 13.3. The van der Waals surface area contributed by atoms with Crippen LogP contribution in [-0.4, -0.2) is 11.2 Å². The van der Waals surface area contributed by atoms with Gasteiger partial charge in [0, 0.05) is 5.56 Å². The molecular formula is C12H16F2O. The molecule has 0 fully saturated rings. The number of rotatable bonds is 4. The molecule has 0 radical (unpaired) electrons. The van der Waals surface area contributed by atoms with Gasteiger partial charge < -0.3 is 5.11 Å². The van der Waals surface area contributed by atoms with Gasteiger partial charge >= 0.3 is 0 Å². The van der Waals surface area contributed by atoms with E-state index < -0.39 is 17.7 Å². The molecule has 0 saturated heterocycles. The predicted octanol–water partition coefficient (Wildman–Crippen LogP) is 2.91. The van der Waals surface area contributed by atoms with Crippen LogP contribution in [0.5, 0.6) is 0 Å². The molecule has 1 nitrogen and oxygen atoms in total.